The fourth-order valence-corrected chi connectivity index (χ4v) is 3.87. The van der Waals surface area contributed by atoms with Crippen molar-refractivity contribution in [1.82, 2.24) is 4.90 Å². The van der Waals surface area contributed by atoms with Crippen LogP contribution < -0.4 is 4.74 Å². The maximum atomic E-state index is 12.7. The van der Waals surface area contributed by atoms with Crippen LogP contribution >= 0.6 is 11.6 Å². The highest BCUT2D eigenvalue weighted by atomic mass is 35.5. The van der Waals surface area contributed by atoms with E-state index in [4.69, 9.17) is 16.3 Å². The molecule has 4 heteroatoms. The van der Waals surface area contributed by atoms with Crippen molar-refractivity contribution in [2.45, 2.75) is 37.8 Å². The number of carbonyl (C=O) groups excluding carboxylic acids is 1. The molecular weight excluding hydrogens is 274 g/mol. The van der Waals surface area contributed by atoms with Gasteiger partial charge >= 0.3 is 0 Å². The summed E-state index contributed by atoms with van der Waals surface area (Å²) < 4.78 is 5.20. The average molecular weight is 294 g/mol. The third-order valence-electron chi connectivity index (χ3n) is 4.90. The quantitative estimate of drug-likeness (QED) is 0.800. The van der Waals surface area contributed by atoms with Gasteiger partial charge in [0.1, 0.15) is 5.75 Å². The number of fused-ring (bicyclic) bond motifs is 2. The predicted octanol–water partition coefficient (Wildman–Crippen LogP) is 3.40. The lowest BCUT2D eigenvalue weighted by Gasteiger charge is -2.35. The van der Waals surface area contributed by atoms with Gasteiger partial charge in [-0.05, 0) is 50.9 Å². The van der Waals surface area contributed by atoms with Crippen molar-refractivity contribution < 1.29 is 9.53 Å². The molecule has 2 aliphatic heterocycles. The first-order valence-corrected chi connectivity index (χ1v) is 7.57. The van der Waals surface area contributed by atoms with Crippen molar-refractivity contribution in [2.24, 2.45) is 5.92 Å². The van der Waals surface area contributed by atoms with E-state index < -0.39 is 0 Å². The highest BCUT2D eigenvalue weighted by molar-refractivity contribution is 6.32. The molecule has 2 aliphatic rings. The number of carbonyl (C=O) groups is 1. The number of rotatable bonds is 3. The number of hydrogen-bond donors (Lipinski definition) is 0. The number of ether oxygens (including phenoxy) is 1. The number of piperidine rings is 1. The van der Waals surface area contributed by atoms with Crippen LogP contribution in [0, 0.1) is 5.92 Å². The molecule has 1 aromatic rings. The largest absolute Gasteiger partial charge is 0.495 e. The van der Waals surface area contributed by atoms with E-state index in [-0.39, 0.29) is 11.7 Å². The molecule has 1 aromatic carbocycles. The minimum Gasteiger partial charge on any atom is -0.495 e. The Labute approximate surface area is 124 Å². The van der Waals surface area contributed by atoms with Gasteiger partial charge in [0.15, 0.2) is 5.78 Å². The fraction of sp³-hybridized carbons (Fsp3) is 0.562. The summed E-state index contributed by atoms with van der Waals surface area (Å²) in [6.45, 7) is 0. The Balaban J connectivity index is 1.80. The summed E-state index contributed by atoms with van der Waals surface area (Å²) in [4.78, 5) is 15.1. The van der Waals surface area contributed by atoms with Crippen molar-refractivity contribution >= 4 is 17.4 Å². The minimum absolute atomic E-state index is 0.148. The topological polar surface area (TPSA) is 29.5 Å². The molecule has 2 fully saturated rings. The molecule has 3 nitrogen and oxygen atoms in total. The van der Waals surface area contributed by atoms with Gasteiger partial charge in [0.05, 0.1) is 12.1 Å². The maximum Gasteiger partial charge on any atom is 0.166 e. The Morgan fingerprint density at radius 2 is 1.95 bits per heavy atom. The lowest BCUT2D eigenvalue weighted by Crippen LogP contribution is -2.42. The molecule has 0 radical (unpaired) electrons. The first-order valence-electron chi connectivity index (χ1n) is 7.20. The maximum absolute atomic E-state index is 12.7. The highest BCUT2D eigenvalue weighted by Gasteiger charge is 2.40. The van der Waals surface area contributed by atoms with Gasteiger partial charge in [0.25, 0.3) is 0 Å². The highest BCUT2D eigenvalue weighted by Crippen LogP contribution is 2.39. The molecule has 2 atom stereocenters. The van der Waals surface area contributed by atoms with Gasteiger partial charge in [-0.1, -0.05) is 11.6 Å². The van der Waals surface area contributed by atoms with E-state index >= 15 is 0 Å². The normalized spacial score (nSPS) is 29.4. The van der Waals surface area contributed by atoms with Crippen molar-refractivity contribution in [3.63, 3.8) is 0 Å². The number of methoxy groups -OCH3 is 1. The lowest BCUT2D eigenvalue weighted by atomic mass is 9.85. The van der Waals surface area contributed by atoms with E-state index in [2.05, 4.69) is 11.9 Å². The van der Waals surface area contributed by atoms with Crippen LogP contribution in [0.3, 0.4) is 0 Å². The summed E-state index contributed by atoms with van der Waals surface area (Å²) >= 11 is 6.02. The summed E-state index contributed by atoms with van der Waals surface area (Å²) in [5.41, 5.74) is 0.722. The third kappa shape index (κ3) is 2.33. The molecule has 2 heterocycles. The minimum atomic E-state index is 0.148. The van der Waals surface area contributed by atoms with E-state index in [9.17, 15) is 4.79 Å². The third-order valence-corrected chi connectivity index (χ3v) is 5.22. The zero-order valence-electron chi connectivity index (χ0n) is 11.9. The molecular formula is C16H20ClNO2. The van der Waals surface area contributed by atoms with Gasteiger partial charge in [0, 0.05) is 23.6 Å². The van der Waals surface area contributed by atoms with Crippen LogP contribution in [0.1, 0.15) is 36.0 Å². The number of halogens is 1. The number of hydrogen-bond acceptors (Lipinski definition) is 3. The molecule has 20 heavy (non-hydrogen) atoms. The van der Waals surface area contributed by atoms with Gasteiger partial charge in [-0.15, -0.1) is 0 Å². The second kappa shape index (κ2) is 5.38. The van der Waals surface area contributed by atoms with Crippen molar-refractivity contribution in [1.29, 1.82) is 0 Å². The Morgan fingerprint density at radius 1 is 1.30 bits per heavy atom. The first-order chi connectivity index (χ1) is 9.60. The van der Waals surface area contributed by atoms with Crippen LogP contribution in [0.2, 0.25) is 5.02 Å². The zero-order valence-corrected chi connectivity index (χ0v) is 12.7. The number of benzene rings is 1. The van der Waals surface area contributed by atoms with Gasteiger partial charge in [-0.2, -0.15) is 0 Å². The monoisotopic (exact) mass is 293 g/mol. The second-order valence-electron chi connectivity index (χ2n) is 5.93. The van der Waals surface area contributed by atoms with Gasteiger partial charge < -0.3 is 9.64 Å². The lowest BCUT2D eigenvalue weighted by molar-refractivity contribution is 0.0767. The Morgan fingerprint density at radius 3 is 2.55 bits per heavy atom. The van der Waals surface area contributed by atoms with E-state index in [1.54, 1.807) is 19.2 Å². The Bertz CT molecular complexity index is 517. The van der Waals surface area contributed by atoms with E-state index in [1.165, 1.54) is 12.8 Å². The summed E-state index contributed by atoms with van der Waals surface area (Å²) in [7, 11) is 3.76. The molecule has 0 spiro atoms. The summed E-state index contributed by atoms with van der Waals surface area (Å²) in [6, 6.07) is 6.49. The molecule has 2 bridgehead atoms. The van der Waals surface area contributed by atoms with Crippen LogP contribution in [0.25, 0.3) is 0 Å². The van der Waals surface area contributed by atoms with E-state index in [0.717, 1.165) is 18.4 Å². The molecule has 108 valence electrons. The first kappa shape index (κ1) is 13.9. The van der Waals surface area contributed by atoms with Crippen molar-refractivity contribution in [3.05, 3.63) is 28.8 Å². The molecule has 0 aromatic heterocycles. The molecule has 0 amide bonds. The Kier molecular flexibility index (Phi) is 3.74. The van der Waals surface area contributed by atoms with E-state index in [1.807, 2.05) is 6.07 Å². The zero-order chi connectivity index (χ0) is 14.3. The van der Waals surface area contributed by atoms with E-state index in [0.29, 0.717) is 22.9 Å². The van der Waals surface area contributed by atoms with Crippen LogP contribution in [0.5, 0.6) is 5.75 Å². The standard InChI is InChI=1S/C16H20ClNO2/c1-18-12-4-5-13(18)8-11(7-12)16(19)10-3-6-14(17)15(9-10)20-2/h3,6,9,11-13H,4-5,7-8H2,1-2H3. The second-order valence-corrected chi connectivity index (χ2v) is 6.34. The number of ketones is 1. The molecule has 2 unspecified atom stereocenters. The smallest absolute Gasteiger partial charge is 0.166 e. The molecule has 0 aliphatic carbocycles. The summed E-state index contributed by atoms with van der Waals surface area (Å²) in [5.74, 6) is 0.966. The van der Waals surface area contributed by atoms with Crippen LogP contribution in [0.15, 0.2) is 18.2 Å². The molecule has 0 N–H and O–H groups in total. The van der Waals surface area contributed by atoms with Crippen molar-refractivity contribution in [2.75, 3.05) is 14.2 Å². The van der Waals surface area contributed by atoms with Crippen LogP contribution in [-0.2, 0) is 0 Å². The predicted molar refractivity (Wildman–Crippen MR) is 79.6 cm³/mol. The van der Waals surface area contributed by atoms with Gasteiger partial charge in [-0.3, -0.25) is 4.79 Å². The fourth-order valence-electron chi connectivity index (χ4n) is 3.67. The van der Waals surface area contributed by atoms with Gasteiger partial charge in [0.2, 0.25) is 0 Å². The van der Waals surface area contributed by atoms with Gasteiger partial charge in [-0.25, -0.2) is 0 Å². The van der Waals surface area contributed by atoms with Crippen LogP contribution in [0.4, 0.5) is 0 Å². The summed E-state index contributed by atoms with van der Waals surface area (Å²) in [5, 5.41) is 0.549. The molecule has 2 saturated heterocycles. The number of nitrogens with zero attached hydrogens (tertiary/aromatic N) is 1. The van der Waals surface area contributed by atoms with Crippen molar-refractivity contribution in [3.8, 4) is 5.75 Å². The summed E-state index contributed by atoms with van der Waals surface area (Å²) in [6.07, 6.45) is 4.43. The van der Waals surface area contributed by atoms with Crippen LogP contribution in [-0.4, -0.2) is 36.9 Å². The molecule has 3 rings (SSSR count). The SMILES string of the molecule is COc1cc(C(=O)C2CC3CCC(C2)N3C)ccc1Cl. The molecule has 0 saturated carbocycles. The number of Topliss-reactive ketones (excluding diaryl/α,β-unsaturated/α-hetero) is 1. The average Bonchev–Trinajstić information content (AvgIpc) is 2.68. The Hall–Kier alpha value is -1.06.